The van der Waals surface area contributed by atoms with Crippen molar-refractivity contribution in [3.63, 3.8) is 0 Å². The molecule has 0 radical (unpaired) electrons. The van der Waals surface area contributed by atoms with Crippen LogP contribution < -0.4 is 5.79 Å². The fourth-order valence-electron chi connectivity index (χ4n) is 6.78. The molecule has 0 amide bonds. The maximum atomic E-state index is 2.64. The summed E-state index contributed by atoms with van der Waals surface area (Å²) in [6, 6.07) is 5.29. The van der Waals surface area contributed by atoms with Crippen LogP contribution in [0.4, 0.5) is 0 Å². The van der Waals surface area contributed by atoms with Crippen LogP contribution in [0.2, 0.25) is 26.6 Å². The van der Waals surface area contributed by atoms with Gasteiger partial charge < -0.3 is 0 Å². The van der Waals surface area contributed by atoms with Crippen molar-refractivity contribution in [1.82, 2.24) is 0 Å². The van der Waals surface area contributed by atoms with Gasteiger partial charge in [0.15, 0.2) is 0 Å². The van der Waals surface area contributed by atoms with Crippen molar-refractivity contribution in [2.75, 3.05) is 0 Å². The molecule has 0 bridgehead atoms. The molecule has 0 atom stereocenters. The second-order valence-corrected chi connectivity index (χ2v) is 42.6. The number of aryl methyl sites for hydroxylation is 2. The standard InChI is InChI=1S/C10H8S2.6C4H9.2Sn/c1-7-3-9(11-5-7)10-4-8(2)6-12-10;6*1-3-4-2;;/h3-4H,1-2H3;6*1,3-4H2,2H3;;. The molecule has 0 fully saturated rings. The Kier molecular flexibility index (Phi) is 17.2. The molecule has 0 aliphatic rings. The molecule has 0 aliphatic carbocycles. The van der Waals surface area contributed by atoms with Gasteiger partial charge in [-0.25, -0.2) is 0 Å². The SMILES string of the molecule is CCC[CH2][Sn]([CH2]CCC)([CH2]CCC)[c]1sc(-c2cc(C)[c]([Sn]([CH2]CCC)([CH2]CCC)[CH2]CCC)s2)cc1C. The first kappa shape index (κ1) is 35.2. The molecular formula is C34H62S2Sn2. The summed E-state index contributed by atoms with van der Waals surface area (Å²) >= 11 is -0.229. The third kappa shape index (κ3) is 9.51. The minimum absolute atomic E-state index is 1.37. The fraction of sp³-hybridized carbons (Fsp3) is 0.765. The second-order valence-electron chi connectivity index (χ2n) is 12.4. The van der Waals surface area contributed by atoms with E-state index in [0.29, 0.717) is 0 Å². The molecule has 38 heavy (non-hydrogen) atoms. The number of unbranched alkanes of at least 4 members (excludes halogenated alkanes) is 6. The summed E-state index contributed by atoms with van der Waals surface area (Å²) < 4.78 is 13.4. The van der Waals surface area contributed by atoms with E-state index in [1.807, 2.05) is 5.79 Å². The van der Waals surface area contributed by atoms with E-state index in [1.54, 1.807) is 47.5 Å². The van der Waals surface area contributed by atoms with Gasteiger partial charge in [0.1, 0.15) is 0 Å². The quantitative estimate of drug-likeness (QED) is 0.111. The van der Waals surface area contributed by atoms with Crippen molar-refractivity contribution in [2.24, 2.45) is 0 Å². The second kappa shape index (κ2) is 18.5. The predicted molar refractivity (Wildman–Crippen MR) is 186 cm³/mol. The van der Waals surface area contributed by atoms with E-state index in [0.717, 1.165) is 0 Å². The fourth-order valence-corrected chi connectivity index (χ4v) is 49.8. The molecule has 0 saturated carbocycles. The van der Waals surface area contributed by atoms with Crippen LogP contribution in [0.3, 0.4) is 0 Å². The molecule has 2 aromatic rings. The Morgan fingerprint density at radius 1 is 0.447 bits per heavy atom. The van der Waals surface area contributed by atoms with Gasteiger partial charge in [0.2, 0.25) is 0 Å². The first-order valence-electron chi connectivity index (χ1n) is 16.6. The monoisotopic (exact) mass is 774 g/mol. The predicted octanol–water partition coefficient (Wildman–Crippen LogP) is 12.2. The zero-order valence-corrected chi connectivity index (χ0v) is 34.0. The van der Waals surface area contributed by atoms with E-state index in [-0.39, 0.29) is 0 Å². The molecule has 0 aliphatic heterocycles. The van der Waals surface area contributed by atoms with Crippen LogP contribution in [0, 0.1) is 13.8 Å². The molecule has 0 spiro atoms. The van der Waals surface area contributed by atoms with Gasteiger partial charge >= 0.3 is 257 Å². The van der Waals surface area contributed by atoms with Gasteiger partial charge in [-0.15, -0.1) is 0 Å². The van der Waals surface area contributed by atoms with Gasteiger partial charge in [0.05, 0.1) is 0 Å². The Hall–Kier alpha value is 0.997. The molecule has 0 saturated heterocycles. The number of hydrogen-bond acceptors (Lipinski definition) is 2. The normalized spacial score (nSPS) is 12.5. The van der Waals surface area contributed by atoms with E-state index in [2.05, 4.69) is 90.2 Å². The topological polar surface area (TPSA) is 0 Å². The number of rotatable bonds is 21. The molecule has 0 N–H and O–H groups in total. The van der Waals surface area contributed by atoms with Crippen molar-refractivity contribution >= 4 is 65.2 Å². The molecule has 0 nitrogen and oxygen atoms in total. The van der Waals surface area contributed by atoms with Gasteiger partial charge in [-0.1, -0.05) is 0 Å². The summed E-state index contributed by atoms with van der Waals surface area (Å²) in [5.74, 6) is 0. The van der Waals surface area contributed by atoms with Gasteiger partial charge in [-0.05, 0) is 0 Å². The van der Waals surface area contributed by atoms with Crippen molar-refractivity contribution < 1.29 is 0 Å². The zero-order valence-electron chi connectivity index (χ0n) is 26.7. The Bertz CT molecular complexity index is 792. The summed E-state index contributed by atoms with van der Waals surface area (Å²) in [6.07, 6.45) is 17.0. The Balaban J connectivity index is 2.56. The number of thiophene rings is 2. The Labute approximate surface area is 254 Å². The zero-order chi connectivity index (χ0) is 28.0. The van der Waals surface area contributed by atoms with Gasteiger partial charge in [0, 0.05) is 0 Å². The first-order chi connectivity index (χ1) is 18.4. The third-order valence-electron chi connectivity index (χ3n) is 9.10. The average Bonchev–Trinajstić information content (AvgIpc) is 3.51. The van der Waals surface area contributed by atoms with E-state index >= 15 is 0 Å². The van der Waals surface area contributed by atoms with Crippen molar-refractivity contribution in [3.8, 4) is 9.75 Å². The summed E-state index contributed by atoms with van der Waals surface area (Å²) in [5.41, 5.74) is 3.35. The summed E-state index contributed by atoms with van der Waals surface area (Å²) in [5, 5.41) is 0. The molecule has 218 valence electrons. The summed E-state index contributed by atoms with van der Waals surface area (Å²) in [6.45, 7) is 19.4. The van der Waals surface area contributed by atoms with Gasteiger partial charge in [0.25, 0.3) is 0 Å². The van der Waals surface area contributed by atoms with Crippen LogP contribution in [-0.4, -0.2) is 36.8 Å². The van der Waals surface area contributed by atoms with E-state index < -0.39 is 36.8 Å². The summed E-state index contributed by atoms with van der Waals surface area (Å²) in [7, 11) is 0. The molecular weight excluding hydrogens is 710 g/mol. The molecule has 4 heteroatoms. The van der Waals surface area contributed by atoms with Crippen LogP contribution in [0.1, 0.15) is 130 Å². The van der Waals surface area contributed by atoms with E-state index in [4.69, 9.17) is 0 Å². The van der Waals surface area contributed by atoms with Crippen LogP contribution in [-0.2, 0) is 0 Å². The Morgan fingerprint density at radius 2 is 0.684 bits per heavy atom. The van der Waals surface area contributed by atoms with Crippen molar-refractivity contribution in [2.45, 2.75) is 159 Å². The molecule has 2 rings (SSSR count). The maximum absolute atomic E-state index is 2.64. The molecule has 2 heterocycles. The van der Waals surface area contributed by atoms with Crippen molar-refractivity contribution in [3.05, 3.63) is 23.3 Å². The average molecular weight is 772 g/mol. The van der Waals surface area contributed by atoms with E-state index in [1.165, 1.54) is 77.0 Å². The van der Waals surface area contributed by atoms with Crippen LogP contribution in [0.15, 0.2) is 12.1 Å². The van der Waals surface area contributed by atoms with Gasteiger partial charge in [-0.3, -0.25) is 0 Å². The van der Waals surface area contributed by atoms with Crippen LogP contribution in [0.5, 0.6) is 0 Å². The van der Waals surface area contributed by atoms with Gasteiger partial charge in [-0.2, -0.15) is 0 Å². The molecule has 0 unspecified atom stereocenters. The van der Waals surface area contributed by atoms with Crippen molar-refractivity contribution in [1.29, 1.82) is 0 Å². The third-order valence-corrected chi connectivity index (χ3v) is 49.1. The molecule has 0 aromatic carbocycles. The van der Waals surface area contributed by atoms with Crippen LogP contribution >= 0.6 is 22.7 Å². The Morgan fingerprint density at radius 3 is 0.895 bits per heavy atom. The molecule has 2 aromatic heterocycles. The van der Waals surface area contributed by atoms with Crippen LogP contribution in [0.25, 0.3) is 9.75 Å². The summed E-state index contributed by atoms with van der Waals surface area (Å²) in [4.78, 5) is 3.26. The first-order valence-corrected chi connectivity index (χ1v) is 33.2. The van der Waals surface area contributed by atoms with E-state index in [9.17, 15) is 0 Å². The number of hydrogen-bond donors (Lipinski definition) is 0. The minimum atomic E-state index is -2.40.